The molecule has 2 aromatic heterocycles. The van der Waals surface area contributed by atoms with E-state index in [0.29, 0.717) is 22.8 Å². The maximum atomic E-state index is 13.9. The Morgan fingerprint density at radius 1 is 0.385 bits per heavy atom. The van der Waals surface area contributed by atoms with Crippen LogP contribution in [-0.4, -0.2) is 19.9 Å². The lowest BCUT2D eigenvalue weighted by atomic mass is 10.00. The number of rotatable bonds is 22. The molecule has 0 bridgehead atoms. The van der Waals surface area contributed by atoms with Gasteiger partial charge in [-0.15, -0.1) is 0 Å². The van der Waals surface area contributed by atoms with Crippen LogP contribution in [0.4, 0.5) is 0 Å². The second-order valence-corrected chi connectivity index (χ2v) is 14.3. The summed E-state index contributed by atoms with van der Waals surface area (Å²) in [6, 6.07) is 23.6. The van der Waals surface area contributed by atoms with Crippen molar-refractivity contribution in [3.05, 3.63) is 119 Å². The van der Waals surface area contributed by atoms with Crippen LogP contribution in [0, 0.1) is 0 Å². The summed E-state index contributed by atoms with van der Waals surface area (Å²) in [6.07, 6.45) is 30.9. The predicted octanol–water partition coefficient (Wildman–Crippen LogP) is 12.7. The lowest BCUT2D eigenvalue weighted by Crippen LogP contribution is -2.05. The number of unbranched alkanes of at least 4 members (excludes halogenated alkanes) is 14. The first kappa shape index (κ1) is 38.7. The summed E-state index contributed by atoms with van der Waals surface area (Å²) in [5.41, 5.74) is 7.31. The molecule has 2 heterocycles. The predicted molar refractivity (Wildman–Crippen MR) is 218 cm³/mol. The molecule has 0 atom stereocenters. The summed E-state index contributed by atoms with van der Waals surface area (Å²) in [5.74, 6) is 1.41. The highest BCUT2D eigenvalue weighted by atomic mass is 16.1. The van der Waals surface area contributed by atoms with Gasteiger partial charge in [-0.2, -0.15) is 0 Å². The Kier molecular flexibility index (Phi) is 16.2. The van der Waals surface area contributed by atoms with E-state index in [1.54, 1.807) is 0 Å². The van der Waals surface area contributed by atoms with Crippen molar-refractivity contribution in [3.63, 3.8) is 0 Å². The van der Waals surface area contributed by atoms with Gasteiger partial charge < -0.3 is 0 Å². The number of benzene rings is 2. The van der Waals surface area contributed by atoms with Crippen molar-refractivity contribution in [2.75, 3.05) is 0 Å². The van der Waals surface area contributed by atoms with Gasteiger partial charge in [-0.05, 0) is 47.9 Å². The summed E-state index contributed by atoms with van der Waals surface area (Å²) < 4.78 is 0. The molecule has 52 heavy (non-hydrogen) atoms. The van der Waals surface area contributed by atoms with Crippen LogP contribution in [0.5, 0.6) is 0 Å². The first-order valence-electron chi connectivity index (χ1n) is 20.1. The molecule has 0 amide bonds. The fourth-order valence-corrected chi connectivity index (χ4v) is 6.84. The molecule has 3 aromatic carbocycles. The van der Waals surface area contributed by atoms with E-state index in [-0.39, 0.29) is 5.43 Å². The van der Waals surface area contributed by atoms with Crippen molar-refractivity contribution >= 4 is 0 Å². The Bertz CT molecular complexity index is 1670. The van der Waals surface area contributed by atoms with Crippen molar-refractivity contribution in [3.8, 4) is 45.0 Å². The standard InChI is InChI=1S/C47H58N4O/c1-3-5-7-9-11-13-15-17-21-37-33-48-46(49-34-37)41-29-25-39(26-30-41)43-23-19-20-24-44(45(43)52)40-27-31-42(32-28-40)47-50-35-38(36-51-47)22-18-16-14-12-10-8-6-4-2/h19-20,23-36H,3-18,21-22H2,1-2H3. The van der Waals surface area contributed by atoms with Gasteiger partial charge >= 0.3 is 0 Å². The highest BCUT2D eigenvalue weighted by molar-refractivity contribution is 5.74. The molecule has 0 N–H and O–H groups in total. The van der Waals surface area contributed by atoms with Crippen molar-refractivity contribution in [1.82, 2.24) is 19.9 Å². The number of aromatic nitrogens is 4. The van der Waals surface area contributed by atoms with Crippen molar-refractivity contribution in [2.24, 2.45) is 0 Å². The molecular formula is C47H58N4O. The van der Waals surface area contributed by atoms with Gasteiger partial charge in [-0.1, -0.05) is 177 Å². The third kappa shape index (κ3) is 12.0. The second kappa shape index (κ2) is 21.8. The van der Waals surface area contributed by atoms with Crippen LogP contribution in [0.15, 0.2) is 102 Å². The first-order chi connectivity index (χ1) is 25.7. The summed E-state index contributed by atoms with van der Waals surface area (Å²) in [6.45, 7) is 4.53. The van der Waals surface area contributed by atoms with E-state index in [1.165, 1.54) is 114 Å². The molecule has 0 fully saturated rings. The Balaban J connectivity index is 1.15. The van der Waals surface area contributed by atoms with Gasteiger partial charge in [0, 0.05) is 47.0 Å². The largest absolute Gasteiger partial charge is 0.289 e. The minimum atomic E-state index is -0.00590. The maximum absolute atomic E-state index is 13.9. The van der Waals surface area contributed by atoms with Gasteiger partial charge in [0.05, 0.1) is 0 Å². The molecule has 0 aliphatic heterocycles. The zero-order valence-electron chi connectivity index (χ0n) is 31.7. The van der Waals surface area contributed by atoms with Crippen LogP contribution in [0.3, 0.4) is 0 Å². The topological polar surface area (TPSA) is 68.6 Å². The summed E-state index contributed by atoms with van der Waals surface area (Å²) in [4.78, 5) is 32.5. The lowest BCUT2D eigenvalue weighted by molar-refractivity contribution is 0.575. The lowest BCUT2D eigenvalue weighted by Gasteiger charge is -2.06. The second-order valence-electron chi connectivity index (χ2n) is 14.3. The van der Waals surface area contributed by atoms with Crippen LogP contribution < -0.4 is 5.43 Å². The molecular weight excluding hydrogens is 637 g/mol. The van der Waals surface area contributed by atoms with Crippen LogP contribution in [0.25, 0.3) is 45.0 Å². The fraction of sp³-hybridized carbons (Fsp3) is 0.426. The minimum Gasteiger partial charge on any atom is -0.289 e. The Morgan fingerprint density at radius 3 is 1.04 bits per heavy atom. The van der Waals surface area contributed by atoms with Gasteiger partial charge in [0.2, 0.25) is 0 Å². The third-order valence-corrected chi connectivity index (χ3v) is 10.1. The first-order valence-corrected chi connectivity index (χ1v) is 20.1. The molecule has 0 spiro atoms. The molecule has 5 heteroatoms. The van der Waals surface area contributed by atoms with E-state index in [1.807, 2.05) is 97.6 Å². The zero-order chi connectivity index (χ0) is 36.2. The van der Waals surface area contributed by atoms with Gasteiger partial charge in [0.25, 0.3) is 0 Å². The van der Waals surface area contributed by atoms with Gasteiger partial charge in [0.15, 0.2) is 17.1 Å². The van der Waals surface area contributed by atoms with Crippen molar-refractivity contribution in [2.45, 2.75) is 129 Å². The van der Waals surface area contributed by atoms with Crippen LogP contribution in [0.1, 0.15) is 128 Å². The number of nitrogens with zero attached hydrogens (tertiary/aromatic N) is 4. The maximum Gasteiger partial charge on any atom is 0.194 e. The SMILES string of the molecule is CCCCCCCCCCc1cnc(-c2ccc(-c3ccccc(-c4ccc(-c5ncc(CCCCCCCCCC)cn5)cc4)c3=O)cc2)nc1. The van der Waals surface area contributed by atoms with E-state index in [2.05, 4.69) is 33.8 Å². The molecule has 5 aromatic rings. The Hall–Kier alpha value is -4.51. The van der Waals surface area contributed by atoms with Crippen LogP contribution in [-0.2, 0) is 12.8 Å². The number of aryl methyl sites for hydroxylation is 2. The van der Waals surface area contributed by atoms with E-state index in [9.17, 15) is 4.79 Å². The molecule has 5 nitrogen and oxygen atoms in total. The number of hydrogen-bond acceptors (Lipinski definition) is 5. The van der Waals surface area contributed by atoms with Gasteiger partial charge in [-0.3, -0.25) is 4.79 Å². The summed E-state index contributed by atoms with van der Waals surface area (Å²) in [7, 11) is 0. The molecule has 0 saturated carbocycles. The summed E-state index contributed by atoms with van der Waals surface area (Å²) >= 11 is 0. The van der Waals surface area contributed by atoms with E-state index < -0.39 is 0 Å². The highest BCUT2D eigenvalue weighted by Gasteiger charge is 2.11. The molecule has 0 unspecified atom stereocenters. The third-order valence-electron chi connectivity index (χ3n) is 10.1. The average Bonchev–Trinajstić information content (AvgIpc) is 3.38. The Morgan fingerprint density at radius 2 is 0.692 bits per heavy atom. The Labute approximate surface area is 312 Å². The fourth-order valence-electron chi connectivity index (χ4n) is 6.84. The summed E-state index contributed by atoms with van der Waals surface area (Å²) in [5, 5.41) is 0. The normalized spacial score (nSPS) is 11.2. The van der Waals surface area contributed by atoms with Crippen molar-refractivity contribution < 1.29 is 0 Å². The van der Waals surface area contributed by atoms with E-state index >= 15 is 0 Å². The smallest absolute Gasteiger partial charge is 0.194 e. The molecule has 272 valence electrons. The van der Waals surface area contributed by atoms with E-state index in [0.717, 1.165) is 35.1 Å². The monoisotopic (exact) mass is 694 g/mol. The molecule has 0 aliphatic rings. The van der Waals surface area contributed by atoms with Crippen molar-refractivity contribution in [1.29, 1.82) is 0 Å². The van der Waals surface area contributed by atoms with Crippen LogP contribution in [0.2, 0.25) is 0 Å². The zero-order valence-corrected chi connectivity index (χ0v) is 31.7. The minimum absolute atomic E-state index is 0.00590. The van der Waals surface area contributed by atoms with Gasteiger partial charge in [-0.25, -0.2) is 19.9 Å². The average molecular weight is 695 g/mol. The van der Waals surface area contributed by atoms with E-state index in [4.69, 9.17) is 0 Å². The molecule has 0 radical (unpaired) electrons. The quantitative estimate of drug-likeness (QED) is 0.0675. The molecule has 0 aliphatic carbocycles. The number of hydrogen-bond donors (Lipinski definition) is 0. The highest BCUT2D eigenvalue weighted by Crippen LogP contribution is 2.25. The van der Waals surface area contributed by atoms with Crippen LogP contribution >= 0.6 is 0 Å². The van der Waals surface area contributed by atoms with Gasteiger partial charge in [0.1, 0.15) is 0 Å². The molecule has 0 saturated heterocycles. The molecule has 5 rings (SSSR count).